The van der Waals surface area contributed by atoms with Gasteiger partial charge in [0.25, 0.3) is 11.5 Å². The molecular formula is C20H28N4O4. The molecule has 8 heteroatoms. The lowest BCUT2D eigenvalue weighted by molar-refractivity contribution is -0.133. The highest BCUT2D eigenvalue weighted by Crippen LogP contribution is 2.22. The smallest absolute Gasteiger partial charge is 0.263 e. The van der Waals surface area contributed by atoms with Crippen LogP contribution in [-0.4, -0.2) is 78.7 Å². The molecule has 2 atom stereocenters. The van der Waals surface area contributed by atoms with Crippen LogP contribution in [0.25, 0.3) is 0 Å². The summed E-state index contributed by atoms with van der Waals surface area (Å²) in [5, 5.41) is 3.30. The number of nitrogens with zero attached hydrogens (tertiary/aromatic N) is 3. The van der Waals surface area contributed by atoms with E-state index < -0.39 is 0 Å². The van der Waals surface area contributed by atoms with Crippen LogP contribution in [-0.2, 0) is 9.53 Å². The largest absolute Gasteiger partial charge is 0.378 e. The number of aryl methyl sites for hydroxylation is 1. The van der Waals surface area contributed by atoms with Crippen LogP contribution in [0.4, 0.5) is 0 Å². The van der Waals surface area contributed by atoms with Crippen LogP contribution in [0, 0.1) is 12.8 Å². The summed E-state index contributed by atoms with van der Waals surface area (Å²) in [6.45, 7) is 4.96. The molecule has 3 aliphatic heterocycles. The van der Waals surface area contributed by atoms with Crippen LogP contribution in [0.3, 0.4) is 0 Å². The maximum Gasteiger partial charge on any atom is 0.263 e. The number of fused-ring (bicyclic) bond motifs is 3. The van der Waals surface area contributed by atoms with Crippen LogP contribution in [0.15, 0.2) is 17.1 Å². The maximum absolute atomic E-state index is 13.4. The summed E-state index contributed by atoms with van der Waals surface area (Å²) in [5.41, 5.74) is 0.699. The number of pyridine rings is 1. The molecule has 28 heavy (non-hydrogen) atoms. The summed E-state index contributed by atoms with van der Waals surface area (Å²) in [5.74, 6) is -0.641. The Morgan fingerprint density at radius 2 is 1.89 bits per heavy atom. The van der Waals surface area contributed by atoms with E-state index in [1.54, 1.807) is 28.3 Å². The Morgan fingerprint density at radius 3 is 2.64 bits per heavy atom. The van der Waals surface area contributed by atoms with E-state index in [0.29, 0.717) is 31.9 Å². The minimum Gasteiger partial charge on any atom is -0.378 e. The van der Waals surface area contributed by atoms with E-state index in [1.165, 1.54) is 0 Å². The SMILES string of the molecule is Cc1ccn(C2CCNCC2)c(=O)c1C(=O)N1C[C@@H]2COC[C@H](C1)N(C)C2=O. The first-order valence-corrected chi connectivity index (χ1v) is 10.0. The van der Waals surface area contributed by atoms with Gasteiger partial charge in [0.05, 0.1) is 25.2 Å². The van der Waals surface area contributed by atoms with E-state index in [9.17, 15) is 14.4 Å². The number of hydrogen-bond donors (Lipinski definition) is 1. The number of nitrogens with one attached hydrogen (secondary N) is 1. The van der Waals surface area contributed by atoms with Gasteiger partial charge in [-0.3, -0.25) is 14.4 Å². The molecule has 2 amide bonds. The van der Waals surface area contributed by atoms with Crippen molar-refractivity contribution in [2.24, 2.45) is 5.92 Å². The fraction of sp³-hybridized carbons (Fsp3) is 0.650. The summed E-state index contributed by atoms with van der Waals surface area (Å²) in [6.07, 6.45) is 3.56. The molecule has 2 bridgehead atoms. The third-order valence-electron chi connectivity index (χ3n) is 6.28. The number of aromatic nitrogens is 1. The quantitative estimate of drug-likeness (QED) is 0.772. The lowest BCUT2D eigenvalue weighted by atomic mass is 10.0. The van der Waals surface area contributed by atoms with Gasteiger partial charge < -0.3 is 24.4 Å². The topological polar surface area (TPSA) is 83.9 Å². The summed E-state index contributed by atoms with van der Waals surface area (Å²) in [6, 6.07) is 1.79. The molecule has 1 N–H and O–H groups in total. The highest BCUT2D eigenvalue weighted by Gasteiger charge is 2.39. The molecule has 8 nitrogen and oxygen atoms in total. The standard InChI is InChI=1S/C20H28N4O4/c1-13-5-8-24(15-3-6-21-7-4-15)20(27)17(13)19(26)23-9-14-11-28-12-16(10-23)22(2)18(14)25/h5,8,14-16,21H,3-4,6-7,9-12H2,1-2H3/t14-,16+/m1/s1. The summed E-state index contributed by atoms with van der Waals surface area (Å²) >= 11 is 0. The van der Waals surface area contributed by atoms with Crippen molar-refractivity contribution in [1.29, 1.82) is 0 Å². The lowest BCUT2D eigenvalue weighted by Crippen LogP contribution is -2.47. The second kappa shape index (κ2) is 7.67. The predicted octanol–water partition coefficient (Wildman–Crippen LogP) is 0.0104. The molecule has 4 heterocycles. The molecule has 3 fully saturated rings. The first-order valence-electron chi connectivity index (χ1n) is 10.0. The van der Waals surface area contributed by atoms with Crippen molar-refractivity contribution in [3.8, 4) is 0 Å². The first kappa shape index (κ1) is 19.1. The number of carbonyl (C=O) groups is 2. The molecule has 0 saturated carbocycles. The van der Waals surface area contributed by atoms with Crippen molar-refractivity contribution in [1.82, 2.24) is 19.7 Å². The number of hydrogen-bond acceptors (Lipinski definition) is 5. The Morgan fingerprint density at radius 1 is 1.14 bits per heavy atom. The van der Waals surface area contributed by atoms with Crippen LogP contribution < -0.4 is 10.9 Å². The van der Waals surface area contributed by atoms with Gasteiger partial charge in [-0.15, -0.1) is 0 Å². The monoisotopic (exact) mass is 388 g/mol. The summed E-state index contributed by atoms with van der Waals surface area (Å²) in [7, 11) is 1.76. The van der Waals surface area contributed by atoms with Crippen LogP contribution >= 0.6 is 0 Å². The van der Waals surface area contributed by atoms with Gasteiger partial charge in [0.15, 0.2) is 0 Å². The highest BCUT2D eigenvalue weighted by atomic mass is 16.5. The Labute approximate surface area is 164 Å². The Bertz CT molecular complexity index is 830. The predicted molar refractivity (Wildman–Crippen MR) is 103 cm³/mol. The minimum absolute atomic E-state index is 0.00898. The van der Waals surface area contributed by atoms with Crippen molar-refractivity contribution >= 4 is 11.8 Å². The van der Waals surface area contributed by atoms with Gasteiger partial charge in [-0.2, -0.15) is 0 Å². The van der Waals surface area contributed by atoms with E-state index in [1.807, 2.05) is 12.3 Å². The second-order valence-electron chi connectivity index (χ2n) is 8.11. The highest BCUT2D eigenvalue weighted by molar-refractivity contribution is 5.96. The van der Waals surface area contributed by atoms with Crippen molar-refractivity contribution in [3.63, 3.8) is 0 Å². The van der Waals surface area contributed by atoms with E-state index in [-0.39, 0.29) is 40.9 Å². The third kappa shape index (κ3) is 3.35. The van der Waals surface area contributed by atoms with Crippen molar-refractivity contribution in [3.05, 3.63) is 33.7 Å². The molecule has 4 rings (SSSR count). The average molecular weight is 388 g/mol. The number of amides is 2. The molecule has 0 spiro atoms. The summed E-state index contributed by atoms with van der Waals surface area (Å²) < 4.78 is 7.33. The summed E-state index contributed by atoms with van der Waals surface area (Å²) in [4.78, 5) is 42.6. The lowest BCUT2D eigenvalue weighted by Gasteiger charge is -2.30. The number of likely N-dealkylation sites (N-methyl/N-ethyl adjacent to an activating group) is 1. The zero-order valence-corrected chi connectivity index (χ0v) is 16.5. The van der Waals surface area contributed by atoms with E-state index in [4.69, 9.17) is 4.74 Å². The van der Waals surface area contributed by atoms with Gasteiger partial charge in [0.2, 0.25) is 5.91 Å². The fourth-order valence-electron chi connectivity index (χ4n) is 4.50. The van der Waals surface area contributed by atoms with Crippen molar-refractivity contribution in [2.75, 3.05) is 46.4 Å². The Kier molecular flexibility index (Phi) is 5.25. The Balaban J connectivity index is 1.66. The van der Waals surface area contributed by atoms with Gasteiger partial charge in [-0.25, -0.2) is 0 Å². The third-order valence-corrected chi connectivity index (χ3v) is 6.28. The molecule has 1 aromatic rings. The Hall–Kier alpha value is -2.19. The van der Waals surface area contributed by atoms with E-state index in [0.717, 1.165) is 25.9 Å². The fourth-order valence-corrected chi connectivity index (χ4v) is 4.50. The van der Waals surface area contributed by atoms with E-state index >= 15 is 0 Å². The average Bonchev–Trinajstić information content (AvgIpc) is 2.87. The zero-order valence-electron chi connectivity index (χ0n) is 16.5. The molecule has 152 valence electrons. The number of piperidine rings is 1. The molecule has 3 saturated heterocycles. The zero-order chi connectivity index (χ0) is 19.8. The molecule has 0 aliphatic carbocycles. The molecule has 3 aliphatic rings. The normalized spacial score (nSPS) is 26.3. The van der Waals surface area contributed by atoms with Gasteiger partial charge in [0, 0.05) is 32.4 Å². The second-order valence-corrected chi connectivity index (χ2v) is 8.11. The van der Waals surface area contributed by atoms with Gasteiger partial charge >= 0.3 is 0 Å². The first-order chi connectivity index (χ1) is 13.5. The van der Waals surface area contributed by atoms with Gasteiger partial charge in [0.1, 0.15) is 5.56 Å². The molecule has 1 aromatic heterocycles. The number of rotatable bonds is 2. The molecule has 0 radical (unpaired) electrons. The maximum atomic E-state index is 13.4. The van der Waals surface area contributed by atoms with Crippen LogP contribution in [0.2, 0.25) is 0 Å². The van der Waals surface area contributed by atoms with Crippen molar-refractivity contribution in [2.45, 2.75) is 31.8 Å². The van der Waals surface area contributed by atoms with Crippen molar-refractivity contribution < 1.29 is 14.3 Å². The molecule has 0 aromatic carbocycles. The van der Waals surface area contributed by atoms with E-state index in [2.05, 4.69) is 5.32 Å². The number of carbonyl (C=O) groups excluding carboxylic acids is 2. The molecular weight excluding hydrogens is 360 g/mol. The van der Waals surface area contributed by atoms with Gasteiger partial charge in [-0.05, 0) is 44.5 Å². The minimum atomic E-state index is -0.378. The molecule has 0 unspecified atom stereocenters. The van der Waals surface area contributed by atoms with Gasteiger partial charge in [-0.1, -0.05) is 0 Å². The van der Waals surface area contributed by atoms with Crippen LogP contribution in [0.5, 0.6) is 0 Å². The number of ether oxygens (including phenoxy) is 1. The van der Waals surface area contributed by atoms with Crippen LogP contribution in [0.1, 0.15) is 34.8 Å².